The second-order valence-electron chi connectivity index (χ2n) is 1.74. The number of likely N-dealkylation sites (tertiary alicyclic amines) is 1. The zero-order chi connectivity index (χ0) is 5.98. The lowest BCUT2D eigenvalue weighted by molar-refractivity contribution is 0.418. The van der Waals surface area contributed by atoms with Crippen LogP contribution in [0, 0.1) is 0 Å². The monoisotopic (exact) mass is 87.1 g/mol. The van der Waals surface area contributed by atoms with Crippen LogP contribution in [-0.2, 0) is 0 Å². The molecule has 0 spiro atoms. The summed E-state index contributed by atoms with van der Waals surface area (Å²) in [7, 11) is 0. The van der Waals surface area contributed by atoms with Crippen LogP contribution in [0.1, 0.15) is 15.6 Å². The topological polar surface area (TPSA) is 3.24 Å². The molecule has 0 atom stereocenters. The van der Waals surface area contributed by atoms with Crippen molar-refractivity contribution in [2.24, 2.45) is 0 Å². The van der Waals surface area contributed by atoms with Gasteiger partial charge in [0.2, 0.25) is 0 Å². The van der Waals surface area contributed by atoms with E-state index in [-0.39, 0.29) is 0 Å². The van der Waals surface area contributed by atoms with Crippen LogP contribution < -0.4 is 0 Å². The highest BCUT2D eigenvalue weighted by Crippen LogP contribution is 2.01. The van der Waals surface area contributed by atoms with Crippen LogP contribution in [-0.4, -0.2) is 25.0 Å². The van der Waals surface area contributed by atoms with Crippen LogP contribution >= 0.6 is 0 Å². The molecule has 1 aliphatic rings. The van der Waals surface area contributed by atoms with Crippen LogP contribution in [0.4, 0.5) is 0 Å². The van der Waals surface area contributed by atoms with Crippen molar-refractivity contribution in [2.45, 2.75) is 12.8 Å². The van der Waals surface area contributed by atoms with Crippen molar-refractivity contribution in [1.29, 1.82) is 0 Å². The van der Waals surface area contributed by atoms with Gasteiger partial charge in [-0.1, -0.05) is 0 Å². The lowest BCUT2D eigenvalue weighted by Crippen LogP contribution is -2.10. The van der Waals surface area contributed by atoms with E-state index in [1.807, 2.05) is 4.90 Å². The molecule has 1 aliphatic heterocycles. The Bertz CT molecular complexity index is 68.8. The van der Waals surface area contributed by atoms with Crippen molar-refractivity contribution in [2.75, 3.05) is 20.1 Å². The summed E-state index contributed by atoms with van der Waals surface area (Å²) in [6.07, 6.45) is 2.35. The molecule has 0 radical (unpaired) electrons. The zero-order valence-corrected chi connectivity index (χ0v) is 3.85. The van der Waals surface area contributed by atoms with Crippen LogP contribution in [0.25, 0.3) is 0 Å². The van der Waals surface area contributed by atoms with E-state index in [1.54, 1.807) is 0 Å². The zero-order valence-electron chi connectivity index (χ0n) is 5.85. The number of nitrogens with zero attached hydrogens (tertiary/aromatic N) is 1. The van der Waals surface area contributed by atoms with E-state index in [1.165, 1.54) is 12.8 Å². The number of hydrogen-bond acceptors (Lipinski definition) is 1. The highest BCUT2D eigenvalue weighted by Gasteiger charge is 2.03. The summed E-state index contributed by atoms with van der Waals surface area (Å²) >= 11 is 0. The largest absolute Gasteiger partial charge is 0.306 e. The van der Waals surface area contributed by atoms with Crippen molar-refractivity contribution in [3.8, 4) is 0 Å². The molecular weight excluding hydrogens is 74.1 g/mol. The Morgan fingerprint density at radius 2 is 2.17 bits per heavy atom. The molecule has 0 aromatic carbocycles. The summed E-state index contributed by atoms with van der Waals surface area (Å²) in [5.41, 5.74) is 0. The Kier molecular flexibility index (Phi) is 0.619. The molecule has 0 N–H and O–H groups in total. The molecule has 0 bridgehead atoms. The molecule has 1 saturated heterocycles. The van der Waals surface area contributed by atoms with Gasteiger partial charge in [-0.25, -0.2) is 0 Å². The van der Waals surface area contributed by atoms with Crippen LogP contribution in [0.3, 0.4) is 0 Å². The minimum absolute atomic E-state index is 0.725. The first kappa shape index (κ1) is 2.31. The van der Waals surface area contributed by atoms with Crippen LogP contribution in [0.2, 0.25) is 0 Å². The molecule has 1 heterocycles. The molecule has 1 heteroatoms. The summed E-state index contributed by atoms with van der Waals surface area (Å²) in [5, 5.41) is 0. The fraction of sp³-hybridized carbons (Fsp3) is 1.00. The average molecular weight is 87.2 g/mol. The van der Waals surface area contributed by atoms with Gasteiger partial charge in [0.15, 0.2) is 0 Å². The van der Waals surface area contributed by atoms with Crippen molar-refractivity contribution < 1.29 is 2.74 Å². The molecule has 1 rings (SSSR count). The van der Waals surface area contributed by atoms with Crippen molar-refractivity contribution in [3.05, 3.63) is 0 Å². The maximum Gasteiger partial charge on any atom is 0.0394 e. The summed E-state index contributed by atoms with van der Waals surface area (Å²) in [6.45, 7) is 1.19. The lowest BCUT2D eigenvalue weighted by Gasteiger charge is -2.01. The van der Waals surface area contributed by atoms with Gasteiger partial charge >= 0.3 is 0 Å². The van der Waals surface area contributed by atoms with Gasteiger partial charge in [-0.3, -0.25) is 0 Å². The van der Waals surface area contributed by atoms with Gasteiger partial charge in [0.25, 0.3) is 0 Å². The molecule has 0 unspecified atom stereocenters. The maximum absolute atomic E-state index is 6.97. The molecule has 0 saturated carbocycles. The van der Waals surface area contributed by atoms with Crippen molar-refractivity contribution in [1.82, 2.24) is 4.90 Å². The van der Waals surface area contributed by atoms with Crippen molar-refractivity contribution in [3.63, 3.8) is 0 Å². The molecule has 1 fully saturated rings. The van der Waals surface area contributed by atoms with E-state index < -0.39 is 7.00 Å². The minimum Gasteiger partial charge on any atom is -0.306 e. The Labute approximate surface area is 41.8 Å². The third-order valence-corrected chi connectivity index (χ3v) is 1.14. The van der Waals surface area contributed by atoms with E-state index in [0.717, 1.165) is 13.1 Å². The number of rotatable bonds is 0. The van der Waals surface area contributed by atoms with E-state index in [0.29, 0.717) is 0 Å². The molecule has 0 aromatic heterocycles. The third kappa shape index (κ3) is 0.716. The molecule has 36 valence electrons. The molecule has 1 nitrogen and oxygen atoms in total. The Morgan fingerprint density at radius 3 is 2.50 bits per heavy atom. The second-order valence-corrected chi connectivity index (χ2v) is 1.74. The predicted octanol–water partition coefficient (Wildman–Crippen LogP) is 0.712. The third-order valence-electron chi connectivity index (χ3n) is 1.14. The fourth-order valence-corrected chi connectivity index (χ4v) is 0.742. The Morgan fingerprint density at radius 1 is 1.50 bits per heavy atom. The maximum atomic E-state index is 6.97. The summed E-state index contributed by atoms with van der Waals surface area (Å²) < 4.78 is 13.9. The van der Waals surface area contributed by atoms with E-state index in [2.05, 4.69) is 0 Å². The molecule has 6 heavy (non-hydrogen) atoms. The van der Waals surface area contributed by atoms with E-state index >= 15 is 0 Å². The highest BCUT2D eigenvalue weighted by molar-refractivity contribution is 4.59. The fourth-order valence-electron chi connectivity index (χ4n) is 0.742. The van der Waals surface area contributed by atoms with Gasteiger partial charge in [-0.05, 0) is 32.9 Å². The normalized spacial score (nSPS) is 30.8. The van der Waals surface area contributed by atoms with E-state index in [4.69, 9.17) is 2.74 Å². The van der Waals surface area contributed by atoms with Crippen molar-refractivity contribution >= 4 is 0 Å². The predicted molar refractivity (Wildman–Crippen MR) is 26.7 cm³/mol. The first-order valence-corrected chi connectivity index (χ1v) is 2.39. The minimum atomic E-state index is -0.725. The van der Waals surface area contributed by atoms with Gasteiger partial charge in [0.1, 0.15) is 0 Å². The summed E-state index contributed by atoms with van der Waals surface area (Å²) in [5.74, 6) is 0. The van der Waals surface area contributed by atoms with Gasteiger partial charge in [-0.2, -0.15) is 0 Å². The van der Waals surface area contributed by atoms with Gasteiger partial charge in [-0.15, -0.1) is 0 Å². The van der Waals surface area contributed by atoms with Gasteiger partial charge < -0.3 is 4.90 Å². The average Bonchev–Trinajstić information content (AvgIpc) is 2.12. The van der Waals surface area contributed by atoms with Gasteiger partial charge in [0, 0.05) is 2.74 Å². The SMILES string of the molecule is [2H]C([2H])N1CCCC1. The molecular formula is C5H11N. The second kappa shape index (κ2) is 1.61. The van der Waals surface area contributed by atoms with Crippen LogP contribution in [0.5, 0.6) is 0 Å². The highest BCUT2D eigenvalue weighted by atomic mass is 15.1. The van der Waals surface area contributed by atoms with Gasteiger partial charge in [0.05, 0.1) is 0 Å². The molecule has 0 aliphatic carbocycles. The Balaban J connectivity index is 2.24. The smallest absolute Gasteiger partial charge is 0.0394 e. The lowest BCUT2D eigenvalue weighted by atomic mass is 10.4. The van der Waals surface area contributed by atoms with E-state index in [9.17, 15) is 0 Å². The summed E-state index contributed by atoms with van der Waals surface area (Å²) in [6, 6.07) is 0. The quantitative estimate of drug-likeness (QED) is 0.420. The number of hydrogen-bond donors (Lipinski definition) is 0. The first-order valence-electron chi connectivity index (χ1n) is 3.55. The molecule has 0 amide bonds. The first-order chi connectivity index (χ1) is 3.80. The Hall–Kier alpha value is -0.0400. The standard InChI is InChI=1S/C5H11N/c1-6-4-2-3-5-6/h2-5H2,1H3/i1D2. The molecule has 0 aromatic rings. The summed E-state index contributed by atoms with van der Waals surface area (Å²) in [4.78, 5) is 1.86. The van der Waals surface area contributed by atoms with Crippen LogP contribution in [0.15, 0.2) is 0 Å².